The van der Waals surface area contributed by atoms with Crippen LogP contribution in [0.25, 0.3) is 0 Å². The summed E-state index contributed by atoms with van der Waals surface area (Å²) in [5, 5.41) is 9.41. The first-order chi connectivity index (χ1) is 12.7. The zero-order valence-electron chi connectivity index (χ0n) is 16.5. The maximum atomic E-state index is 12.5. The van der Waals surface area contributed by atoms with E-state index in [9.17, 15) is 14.1 Å². The molecule has 27 heavy (non-hydrogen) atoms. The minimum absolute atomic E-state index is 0.0525. The Labute approximate surface area is 163 Å². The number of rotatable bonds is 8. The Bertz CT molecular complexity index is 824. The number of aliphatic hydroxyl groups excluding tert-OH is 1. The second-order valence-corrected chi connectivity index (χ2v) is 9.89. The molecule has 2 unspecified atom stereocenters. The van der Waals surface area contributed by atoms with Gasteiger partial charge in [0.2, 0.25) is 5.43 Å². The van der Waals surface area contributed by atoms with E-state index in [-0.39, 0.29) is 28.5 Å². The zero-order valence-corrected chi connectivity index (χ0v) is 17.3. The van der Waals surface area contributed by atoms with Crippen LogP contribution in [0.15, 0.2) is 47.4 Å². The molecular weight excluding hydrogens is 362 g/mol. The van der Waals surface area contributed by atoms with Gasteiger partial charge in [-0.15, -0.1) is 0 Å². The number of nitrogens with zero attached hydrogens (tertiary/aromatic N) is 1. The molecule has 0 saturated heterocycles. The normalized spacial score (nSPS) is 14.0. The molecule has 148 valence electrons. The third-order valence-electron chi connectivity index (χ3n) is 4.29. The highest BCUT2D eigenvalue weighted by Crippen LogP contribution is 2.22. The molecule has 2 aromatic rings. The summed E-state index contributed by atoms with van der Waals surface area (Å²) in [6.07, 6.45) is 1.65. The SMILES string of the molecule is CC(CS(=O)C(C)(C)C)c1cc(=O)c(OCc2ccccc2)cn1CCO. The van der Waals surface area contributed by atoms with Crippen LogP contribution in [-0.2, 0) is 24.0 Å². The minimum atomic E-state index is -1.03. The Morgan fingerprint density at radius 3 is 2.48 bits per heavy atom. The molecule has 0 radical (unpaired) electrons. The first-order valence-corrected chi connectivity index (χ1v) is 10.4. The number of hydrogen-bond donors (Lipinski definition) is 1. The largest absolute Gasteiger partial charge is 0.483 e. The lowest BCUT2D eigenvalue weighted by Gasteiger charge is -2.23. The molecule has 5 nitrogen and oxygen atoms in total. The van der Waals surface area contributed by atoms with Crippen molar-refractivity contribution in [2.75, 3.05) is 12.4 Å². The Morgan fingerprint density at radius 2 is 1.89 bits per heavy atom. The fourth-order valence-corrected chi connectivity index (χ4v) is 3.83. The zero-order chi connectivity index (χ0) is 20.0. The summed E-state index contributed by atoms with van der Waals surface area (Å²) < 4.78 is 19.7. The molecule has 1 N–H and O–H groups in total. The van der Waals surface area contributed by atoms with Gasteiger partial charge in [0, 0.05) is 45.5 Å². The number of hydrogen-bond acceptors (Lipinski definition) is 4. The molecule has 0 spiro atoms. The van der Waals surface area contributed by atoms with E-state index >= 15 is 0 Å². The van der Waals surface area contributed by atoms with Crippen molar-refractivity contribution >= 4 is 10.8 Å². The Hall–Kier alpha value is -1.92. The van der Waals surface area contributed by atoms with Crippen molar-refractivity contribution in [3.8, 4) is 5.75 Å². The van der Waals surface area contributed by atoms with Crippen molar-refractivity contribution in [2.24, 2.45) is 0 Å². The quantitative estimate of drug-likeness (QED) is 0.751. The van der Waals surface area contributed by atoms with E-state index in [2.05, 4.69) is 0 Å². The highest BCUT2D eigenvalue weighted by atomic mass is 32.2. The first-order valence-electron chi connectivity index (χ1n) is 9.13. The molecule has 0 fully saturated rings. The van der Waals surface area contributed by atoms with Crippen LogP contribution >= 0.6 is 0 Å². The van der Waals surface area contributed by atoms with Gasteiger partial charge in [-0.1, -0.05) is 37.3 Å². The molecule has 2 rings (SSSR count). The van der Waals surface area contributed by atoms with Gasteiger partial charge in [0.15, 0.2) is 5.75 Å². The van der Waals surface area contributed by atoms with Gasteiger partial charge in [-0.25, -0.2) is 0 Å². The summed E-state index contributed by atoms with van der Waals surface area (Å²) in [5.74, 6) is 0.631. The van der Waals surface area contributed by atoms with Crippen molar-refractivity contribution in [3.05, 3.63) is 64.1 Å². The van der Waals surface area contributed by atoms with Crippen LogP contribution in [0.2, 0.25) is 0 Å². The first kappa shape index (κ1) is 21.4. The van der Waals surface area contributed by atoms with Gasteiger partial charge in [-0.05, 0) is 26.3 Å². The van der Waals surface area contributed by atoms with E-state index < -0.39 is 10.8 Å². The maximum absolute atomic E-state index is 12.5. The van der Waals surface area contributed by atoms with Crippen LogP contribution in [0, 0.1) is 0 Å². The van der Waals surface area contributed by atoms with Crippen LogP contribution in [0.4, 0.5) is 0 Å². The highest BCUT2D eigenvalue weighted by molar-refractivity contribution is 7.86. The van der Waals surface area contributed by atoms with Crippen LogP contribution in [0.3, 0.4) is 0 Å². The fraction of sp³-hybridized carbons (Fsp3) is 0.476. The second-order valence-electron chi connectivity index (χ2n) is 7.64. The molecule has 1 aromatic carbocycles. The third-order valence-corrected chi connectivity index (χ3v) is 6.46. The summed E-state index contributed by atoms with van der Waals surface area (Å²) >= 11 is 0. The van der Waals surface area contributed by atoms with E-state index in [0.717, 1.165) is 11.3 Å². The highest BCUT2D eigenvalue weighted by Gasteiger charge is 2.23. The van der Waals surface area contributed by atoms with Crippen molar-refractivity contribution < 1.29 is 14.1 Å². The molecule has 0 aliphatic heterocycles. The second kappa shape index (κ2) is 9.33. The standard InChI is InChI=1S/C21H29NO4S/c1-16(15-27(25)21(2,3)4)18-12-19(24)20(13-22(18)10-11-23)26-14-17-8-6-5-7-9-17/h5-9,12-13,16,23H,10-11,14-15H2,1-4H3. The van der Waals surface area contributed by atoms with E-state index in [1.807, 2.05) is 62.6 Å². The number of pyridine rings is 1. The lowest BCUT2D eigenvalue weighted by Crippen LogP contribution is -2.28. The van der Waals surface area contributed by atoms with Crippen molar-refractivity contribution in [2.45, 2.75) is 51.5 Å². The van der Waals surface area contributed by atoms with E-state index in [1.54, 1.807) is 12.3 Å². The van der Waals surface area contributed by atoms with Gasteiger partial charge in [0.1, 0.15) is 6.61 Å². The summed E-state index contributed by atoms with van der Waals surface area (Å²) in [6, 6.07) is 11.2. The fourth-order valence-electron chi connectivity index (χ4n) is 2.70. The van der Waals surface area contributed by atoms with Gasteiger partial charge in [-0.2, -0.15) is 0 Å². The van der Waals surface area contributed by atoms with Gasteiger partial charge >= 0.3 is 0 Å². The molecule has 0 saturated carbocycles. The predicted octanol–water partition coefficient (Wildman–Crippen LogP) is 3.07. The van der Waals surface area contributed by atoms with E-state index in [1.165, 1.54) is 0 Å². The number of benzene rings is 1. The molecule has 0 bridgehead atoms. The number of ether oxygens (including phenoxy) is 1. The topological polar surface area (TPSA) is 68.5 Å². The van der Waals surface area contributed by atoms with Crippen LogP contribution in [-0.4, -0.2) is 31.0 Å². The van der Waals surface area contributed by atoms with Crippen molar-refractivity contribution in [3.63, 3.8) is 0 Å². The summed E-state index contributed by atoms with van der Waals surface area (Å²) in [6.45, 7) is 8.38. The van der Waals surface area contributed by atoms with Crippen LogP contribution in [0.5, 0.6) is 5.75 Å². The van der Waals surface area contributed by atoms with Gasteiger partial charge in [-0.3, -0.25) is 9.00 Å². The van der Waals surface area contributed by atoms with Gasteiger partial charge < -0.3 is 14.4 Å². The lowest BCUT2D eigenvalue weighted by atomic mass is 10.1. The van der Waals surface area contributed by atoms with Gasteiger partial charge in [0.25, 0.3) is 0 Å². The minimum Gasteiger partial charge on any atom is -0.483 e. The average Bonchev–Trinajstić information content (AvgIpc) is 2.61. The lowest BCUT2D eigenvalue weighted by molar-refractivity contribution is 0.268. The molecule has 0 aliphatic carbocycles. The monoisotopic (exact) mass is 391 g/mol. The Kier molecular flexibility index (Phi) is 7.39. The van der Waals surface area contributed by atoms with E-state index in [4.69, 9.17) is 4.74 Å². The predicted molar refractivity (Wildman–Crippen MR) is 110 cm³/mol. The smallest absolute Gasteiger partial charge is 0.223 e. The Morgan fingerprint density at radius 1 is 1.22 bits per heavy atom. The van der Waals surface area contributed by atoms with Crippen molar-refractivity contribution in [1.29, 1.82) is 0 Å². The molecule has 0 amide bonds. The number of aliphatic hydroxyl groups is 1. The van der Waals surface area contributed by atoms with Crippen LogP contribution in [0.1, 0.15) is 44.9 Å². The summed E-state index contributed by atoms with van der Waals surface area (Å²) in [7, 11) is -1.03. The maximum Gasteiger partial charge on any atom is 0.223 e. The molecular formula is C21H29NO4S. The van der Waals surface area contributed by atoms with Crippen molar-refractivity contribution in [1.82, 2.24) is 4.57 Å². The summed E-state index contributed by atoms with van der Waals surface area (Å²) in [4.78, 5) is 12.5. The Balaban J connectivity index is 2.24. The summed E-state index contributed by atoms with van der Waals surface area (Å²) in [5.41, 5.74) is 1.53. The molecule has 2 atom stereocenters. The molecule has 6 heteroatoms. The average molecular weight is 392 g/mol. The molecule has 1 aromatic heterocycles. The van der Waals surface area contributed by atoms with E-state index in [0.29, 0.717) is 18.9 Å². The number of aromatic nitrogens is 1. The molecule has 0 aliphatic rings. The van der Waals surface area contributed by atoms with Crippen LogP contribution < -0.4 is 10.2 Å². The van der Waals surface area contributed by atoms with Gasteiger partial charge in [0.05, 0.1) is 12.8 Å². The molecule has 1 heterocycles. The third kappa shape index (κ3) is 6.04.